The predicted molar refractivity (Wildman–Crippen MR) is 128 cm³/mol. The van der Waals surface area contributed by atoms with E-state index in [1.54, 1.807) is 0 Å². The highest BCUT2D eigenvalue weighted by Gasteiger charge is 2.45. The number of ketones is 1. The Morgan fingerprint density at radius 1 is 1.00 bits per heavy atom. The number of carboxylic acid groups (broad SMARTS) is 1. The Bertz CT molecular complexity index is 1110. The zero-order valence-corrected chi connectivity index (χ0v) is 19.1. The normalized spacial score (nSPS) is 14.6. The fourth-order valence-corrected chi connectivity index (χ4v) is 4.34. The van der Waals surface area contributed by atoms with Crippen LogP contribution in [0.4, 0.5) is 0 Å². The third kappa shape index (κ3) is 5.42. The van der Waals surface area contributed by atoms with Crippen LogP contribution in [0.2, 0.25) is 0 Å². The second-order valence-corrected chi connectivity index (χ2v) is 8.96. The summed E-state index contributed by atoms with van der Waals surface area (Å²) in [5, 5.41) is 9.38. The fourth-order valence-electron chi connectivity index (χ4n) is 4.34. The molecule has 0 amide bonds. The molecule has 0 spiro atoms. The van der Waals surface area contributed by atoms with Gasteiger partial charge in [-0.25, -0.2) is 4.79 Å². The van der Waals surface area contributed by atoms with Crippen LogP contribution in [-0.2, 0) is 28.9 Å². The van der Waals surface area contributed by atoms with Crippen molar-refractivity contribution in [3.8, 4) is 0 Å². The molecule has 1 fully saturated rings. The van der Waals surface area contributed by atoms with Crippen molar-refractivity contribution in [3.05, 3.63) is 94.8 Å². The average molecular weight is 446 g/mol. The van der Waals surface area contributed by atoms with E-state index in [1.165, 1.54) is 5.56 Å². The van der Waals surface area contributed by atoms with Crippen LogP contribution in [0.3, 0.4) is 0 Å². The smallest absolute Gasteiger partial charge is 0.335 e. The van der Waals surface area contributed by atoms with Crippen molar-refractivity contribution in [1.82, 2.24) is 4.57 Å². The van der Waals surface area contributed by atoms with Gasteiger partial charge in [0.2, 0.25) is 5.78 Å². The minimum atomic E-state index is -0.956. The Morgan fingerprint density at radius 2 is 1.73 bits per heavy atom. The Balaban J connectivity index is 1.29. The molecule has 0 radical (unpaired) electrons. The maximum absolute atomic E-state index is 12.9. The molecule has 0 aliphatic heterocycles. The number of hydrogen-bond donors (Lipinski definition) is 1. The number of aromatic nitrogens is 1. The number of aliphatic carboxylic acids is 1. The molecule has 0 atom stereocenters. The molecule has 4 rings (SSSR count). The summed E-state index contributed by atoms with van der Waals surface area (Å²) in [7, 11) is 0. The van der Waals surface area contributed by atoms with E-state index in [-0.39, 0.29) is 5.78 Å². The fraction of sp³-hybridized carbons (Fsp3) is 0.357. The van der Waals surface area contributed by atoms with Gasteiger partial charge in [0, 0.05) is 18.3 Å². The van der Waals surface area contributed by atoms with Gasteiger partial charge < -0.3 is 14.4 Å². The SMILES string of the molecule is Cc1ccc(C(=O)c2cccn2CCCc2cccc(CCOC3(C(=O)O)CCC3)c2)cc1. The Hall–Kier alpha value is -3.18. The zero-order valence-electron chi connectivity index (χ0n) is 19.1. The lowest BCUT2D eigenvalue weighted by atomic mass is 9.80. The number of carbonyl (C=O) groups is 2. The van der Waals surface area contributed by atoms with Gasteiger partial charge in [0.05, 0.1) is 12.3 Å². The second kappa shape index (κ2) is 10.2. The minimum absolute atomic E-state index is 0.0487. The standard InChI is InChI=1S/C28H31NO4/c1-21-10-12-24(13-11-21)26(30)25-9-4-18-29(25)17-3-8-22-6-2-7-23(20-22)14-19-33-28(27(31)32)15-5-16-28/h2,4,6-7,9-13,18,20H,3,5,8,14-17,19H2,1H3,(H,31,32). The van der Waals surface area contributed by atoms with Gasteiger partial charge >= 0.3 is 5.97 Å². The van der Waals surface area contributed by atoms with E-state index in [0.29, 0.717) is 37.1 Å². The Kier molecular flexibility index (Phi) is 7.09. The van der Waals surface area contributed by atoms with Gasteiger partial charge in [-0.2, -0.15) is 0 Å². The summed E-state index contributed by atoms with van der Waals surface area (Å²) in [5.74, 6) is -0.791. The van der Waals surface area contributed by atoms with E-state index in [1.807, 2.05) is 60.2 Å². The predicted octanol–water partition coefficient (Wildman–Crippen LogP) is 5.23. The molecule has 33 heavy (non-hydrogen) atoms. The summed E-state index contributed by atoms with van der Waals surface area (Å²) in [6.45, 7) is 3.21. The lowest BCUT2D eigenvalue weighted by Crippen LogP contribution is -2.48. The lowest BCUT2D eigenvalue weighted by molar-refractivity contribution is -0.178. The second-order valence-electron chi connectivity index (χ2n) is 8.96. The number of rotatable bonds is 11. The van der Waals surface area contributed by atoms with Crippen molar-refractivity contribution >= 4 is 11.8 Å². The molecule has 172 valence electrons. The third-order valence-electron chi connectivity index (χ3n) is 6.55. The number of carboxylic acids is 1. The van der Waals surface area contributed by atoms with Gasteiger partial charge in [-0.1, -0.05) is 54.1 Å². The highest BCUT2D eigenvalue weighted by molar-refractivity contribution is 6.08. The van der Waals surface area contributed by atoms with Crippen LogP contribution in [-0.4, -0.2) is 33.6 Å². The highest BCUT2D eigenvalue weighted by Crippen LogP contribution is 2.35. The first-order valence-electron chi connectivity index (χ1n) is 11.7. The Morgan fingerprint density at radius 3 is 2.39 bits per heavy atom. The molecule has 0 bridgehead atoms. The van der Waals surface area contributed by atoms with Crippen LogP contribution in [0.15, 0.2) is 66.9 Å². The molecule has 1 heterocycles. The lowest BCUT2D eigenvalue weighted by Gasteiger charge is -2.37. The maximum Gasteiger partial charge on any atom is 0.335 e. The van der Waals surface area contributed by atoms with Crippen molar-refractivity contribution in [2.24, 2.45) is 0 Å². The summed E-state index contributed by atoms with van der Waals surface area (Å²) >= 11 is 0. The van der Waals surface area contributed by atoms with Crippen LogP contribution in [0.25, 0.3) is 0 Å². The summed E-state index contributed by atoms with van der Waals surface area (Å²) in [4.78, 5) is 24.3. The molecule has 1 aromatic heterocycles. The molecule has 1 aliphatic carbocycles. The van der Waals surface area contributed by atoms with Gasteiger partial charge in [-0.15, -0.1) is 0 Å². The summed E-state index contributed by atoms with van der Waals surface area (Å²) in [6.07, 6.45) is 6.63. The van der Waals surface area contributed by atoms with Crippen LogP contribution in [0.5, 0.6) is 0 Å². The molecule has 5 heteroatoms. The number of aryl methyl sites for hydroxylation is 3. The number of carbonyl (C=O) groups excluding carboxylic acids is 1. The number of hydrogen-bond acceptors (Lipinski definition) is 3. The van der Waals surface area contributed by atoms with Crippen molar-refractivity contribution < 1.29 is 19.4 Å². The molecular weight excluding hydrogens is 414 g/mol. The van der Waals surface area contributed by atoms with Crippen molar-refractivity contribution in [2.45, 2.75) is 57.6 Å². The molecular formula is C28H31NO4. The van der Waals surface area contributed by atoms with E-state index < -0.39 is 11.6 Å². The molecule has 1 aliphatic rings. The largest absolute Gasteiger partial charge is 0.479 e. The van der Waals surface area contributed by atoms with E-state index in [2.05, 4.69) is 18.2 Å². The first kappa shape index (κ1) is 23.0. The minimum Gasteiger partial charge on any atom is -0.479 e. The first-order valence-corrected chi connectivity index (χ1v) is 11.7. The molecule has 5 nitrogen and oxygen atoms in total. The van der Waals surface area contributed by atoms with Gasteiger partial charge in [-0.05, 0) is 68.7 Å². The molecule has 2 aromatic carbocycles. The van der Waals surface area contributed by atoms with E-state index >= 15 is 0 Å². The molecule has 1 saturated carbocycles. The van der Waals surface area contributed by atoms with Crippen LogP contribution < -0.4 is 0 Å². The van der Waals surface area contributed by atoms with E-state index in [4.69, 9.17) is 4.74 Å². The quantitative estimate of drug-likeness (QED) is 0.411. The first-order chi connectivity index (χ1) is 16.0. The van der Waals surface area contributed by atoms with Crippen molar-refractivity contribution in [2.75, 3.05) is 6.61 Å². The number of benzene rings is 2. The van der Waals surface area contributed by atoms with Gasteiger partial charge in [0.1, 0.15) is 0 Å². The summed E-state index contributed by atoms with van der Waals surface area (Å²) in [5.41, 5.74) is 4.00. The monoisotopic (exact) mass is 445 g/mol. The summed E-state index contributed by atoms with van der Waals surface area (Å²) in [6, 6.07) is 19.9. The average Bonchev–Trinajstić information content (AvgIpc) is 3.24. The zero-order chi connectivity index (χ0) is 23.3. The number of nitrogens with zero attached hydrogens (tertiary/aromatic N) is 1. The van der Waals surface area contributed by atoms with Crippen LogP contribution in [0.1, 0.15) is 58.4 Å². The highest BCUT2D eigenvalue weighted by atomic mass is 16.5. The van der Waals surface area contributed by atoms with Crippen LogP contribution in [0, 0.1) is 6.92 Å². The molecule has 3 aromatic rings. The third-order valence-corrected chi connectivity index (χ3v) is 6.55. The topological polar surface area (TPSA) is 68.5 Å². The molecule has 1 N–H and O–H groups in total. The Labute approximate surface area is 195 Å². The maximum atomic E-state index is 12.9. The van der Waals surface area contributed by atoms with Gasteiger partial charge in [0.15, 0.2) is 5.60 Å². The van der Waals surface area contributed by atoms with E-state index in [0.717, 1.165) is 36.9 Å². The molecule has 0 saturated heterocycles. The molecule has 0 unspecified atom stereocenters. The summed E-state index contributed by atoms with van der Waals surface area (Å²) < 4.78 is 7.78. The number of ether oxygens (including phenoxy) is 1. The van der Waals surface area contributed by atoms with E-state index in [9.17, 15) is 14.7 Å². The van der Waals surface area contributed by atoms with Gasteiger partial charge in [0.25, 0.3) is 0 Å². The van der Waals surface area contributed by atoms with Crippen LogP contribution >= 0.6 is 0 Å². The van der Waals surface area contributed by atoms with Crippen molar-refractivity contribution in [1.29, 1.82) is 0 Å². The van der Waals surface area contributed by atoms with Gasteiger partial charge in [-0.3, -0.25) is 4.79 Å². The van der Waals surface area contributed by atoms with Crippen molar-refractivity contribution in [3.63, 3.8) is 0 Å².